The summed E-state index contributed by atoms with van der Waals surface area (Å²) in [5.74, 6) is 1.84. The average molecular weight is 197 g/mol. The maximum absolute atomic E-state index is 5.91. The van der Waals surface area contributed by atoms with E-state index in [0.29, 0.717) is 6.10 Å². The van der Waals surface area contributed by atoms with Crippen LogP contribution in [0.15, 0.2) is 0 Å². The third-order valence-electron chi connectivity index (χ3n) is 3.71. The maximum atomic E-state index is 5.91. The Kier molecular flexibility index (Phi) is 3.82. The van der Waals surface area contributed by atoms with Crippen molar-refractivity contribution in [3.63, 3.8) is 0 Å². The van der Waals surface area contributed by atoms with E-state index in [-0.39, 0.29) is 0 Å². The third-order valence-corrected chi connectivity index (χ3v) is 3.71. The van der Waals surface area contributed by atoms with Crippen LogP contribution >= 0.6 is 0 Å². The molecule has 0 atom stereocenters. The second kappa shape index (κ2) is 5.13. The summed E-state index contributed by atoms with van der Waals surface area (Å²) in [7, 11) is 0. The first-order valence-corrected chi connectivity index (χ1v) is 6.17. The Hall–Kier alpha value is -0.0800. The molecule has 82 valence electrons. The zero-order valence-corrected chi connectivity index (χ0v) is 9.30. The van der Waals surface area contributed by atoms with Crippen LogP contribution in [-0.4, -0.2) is 25.8 Å². The first kappa shape index (κ1) is 10.4. The highest BCUT2D eigenvalue weighted by Gasteiger charge is 2.20. The molecule has 1 aliphatic carbocycles. The fourth-order valence-electron chi connectivity index (χ4n) is 2.35. The van der Waals surface area contributed by atoms with E-state index in [0.717, 1.165) is 18.4 Å². The molecule has 1 heterocycles. The summed E-state index contributed by atoms with van der Waals surface area (Å²) in [6.07, 6.45) is 7.18. The molecule has 2 rings (SSSR count). The Morgan fingerprint density at radius 2 is 1.86 bits per heavy atom. The van der Waals surface area contributed by atoms with Crippen LogP contribution in [0.25, 0.3) is 0 Å². The van der Waals surface area contributed by atoms with Crippen LogP contribution in [0.4, 0.5) is 0 Å². The molecule has 1 saturated carbocycles. The Labute approximate surface area is 87.4 Å². The molecule has 0 aromatic carbocycles. The molecule has 1 N–H and O–H groups in total. The van der Waals surface area contributed by atoms with Crippen molar-refractivity contribution in [3.8, 4) is 0 Å². The first-order chi connectivity index (χ1) is 6.84. The van der Waals surface area contributed by atoms with E-state index in [1.165, 1.54) is 45.2 Å². The van der Waals surface area contributed by atoms with Gasteiger partial charge in [-0.05, 0) is 57.0 Å². The van der Waals surface area contributed by atoms with Crippen molar-refractivity contribution in [1.29, 1.82) is 0 Å². The predicted molar refractivity (Wildman–Crippen MR) is 58.3 cm³/mol. The SMILES string of the molecule is CC1CCC(OCCC2CNC2)CC1. The molecule has 2 fully saturated rings. The second-order valence-corrected chi connectivity index (χ2v) is 5.07. The minimum absolute atomic E-state index is 0.583. The Morgan fingerprint density at radius 1 is 1.14 bits per heavy atom. The van der Waals surface area contributed by atoms with Crippen molar-refractivity contribution < 1.29 is 4.74 Å². The lowest BCUT2D eigenvalue weighted by molar-refractivity contribution is 0.0105. The Morgan fingerprint density at radius 3 is 2.43 bits per heavy atom. The van der Waals surface area contributed by atoms with Gasteiger partial charge in [-0.15, -0.1) is 0 Å². The molecule has 2 nitrogen and oxygen atoms in total. The first-order valence-electron chi connectivity index (χ1n) is 6.17. The van der Waals surface area contributed by atoms with Gasteiger partial charge in [0.15, 0.2) is 0 Å². The molecular formula is C12H23NO. The van der Waals surface area contributed by atoms with Crippen molar-refractivity contribution >= 4 is 0 Å². The number of hydrogen-bond donors (Lipinski definition) is 1. The van der Waals surface area contributed by atoms with Gasteiger partial charge in [0.2, 0.25) is 0 Å². The van der Waals surface area contributed by atoms with Crippen LogP contribution in [0.2, 0.25) is 0 Å². The maximum Gasteiger partial charge on any atom is 0.0575 e. The van der Waals surface area contributed by atoms with Crippen LogP contribution in [0.1, 0.15) is 39.0 Å². The van der Waals surface area contributed by atoms with Gasteiger partial charge in [-0.2, -0.15) is 0 Å². The Balaban J connectivity index is 1.52. The van der Waals surface area contributed by atoms with Crippen molar-refractivity contribution in [2.45, 2.75) is 45.1 Å². The lowest BCUT2D eigenvalue weighted by Gasteiger charge is -2.29. The highest BCUT2D eigenvalue weighted by atomic mass is 16.5. The normalized spacial score (nSPS) is 34.1. The van der Waals surface area contributed by atoms with Crippen molar-refractivity contribution in [2.75, 3.05) is 19.7 Å². The molecule has 14 heavy (non-hydrogen) atoms. The molecule has 0 bridgehead atoms. The molecule has 0 unspecified atom stereocenters. The smallest absolute Gasteiger partial charge is 0.0575 e. The summed E-state index contributed by atoms with van der Waals surface area (Å²) in [5, 5.41) is 3.30. The van der Waals surface area contributed by atoms with Crippen LogP contribution in [0.5, 0.6) is 0 Å². The molecule has 0 aromatic heterocycles. The highest BCUT2D eigenvalue weighted by molar-refractivity contribution is 4.75. The van der Waals surface area contributed by atoms with Crippen molar-refractivity contribution in [2.24, 2.45) is 11.8 Å². The monoisotopic (exact) mass is 197 g/mol. The molecule has 2 heteroatoms. The summed E-state index contributed by atoms with van der Waals surface area (Å²) >= 11 is 0. The minimum Gasteiger partial charge on any atom is -0.378 e. The lowest BCUT2D eigenvalue weighted by atomic mass is 9.89. The van der Waals surface area contributed by atoms with E-state index in [9.17, 15) is 0 Å². The standard InChI is InChI=1S/C12H23NO/c1-10-2-4-12(5-3-10)14-7-6-11-8-13-9-11/h10-13H,2-9H2,1H3. The van der Waals surface area contributed by atoms with Gasteiger partial charge in [0.05, 0.1) is 6.10 Å². The number of rotatable bonds is 4. The molecular weight excluding hydrogens is 174 g/mol. The lowest BCUT2D eigenvalue weighted by Crippen LogP contribution is -2.42. The highest BCUT2D eigenvalue weighted by Crippen LogP contribution is 2.25. The third kappa shape index (κ3) is 2.96. The largest absolute Gasteiger partial charge is 0.378 e. The number of hydrogen-bond acceptors (Lipinski definition) is 2. The fourth-order valence-corrected chi connectivity index (χ4v) is 2.35. The summed E-state index contributed by atoms with van der Waals surface area (Å²) < 4.78 is 5.91. The van der Waals surface area contributed by atoms with Gasteiger partial charge in [0, 0.05) is 6.61 Å². The van der Waals surface area contributed by atoms with E-state index in [1.807, 2.05) is 0 Å². The molecule has 0 spiro atoms. The van der Waals surface area contributed by atoms with Gasteiger partial charge in [-0.3, -0.25) is 0 Å². The zero-order chi connectivity index (χ0) is 9.80. The second-order valence-electron chi connectivity index (χ2n) is 5.07. The summed E-state index contributed by atoms with van der Waals surface area (Å²) in [6.45, 7) is 5.78. The van der Waals surface area contributed by atoms with E-state index >= 15 is 0 Å². The van der Waals surface area contributed by atoms with Crippen LogP contribution < -0.4 is 5.32 Å². The van der Waals surface area contributed by atoms with Gasteiger partial charge in [0.25, 0.3) is 0 Å². The van der Waals surface area contributed by atoms with Crippen LogP contribution in [-0.2, 0) is 4.74 Å². The summed E-state index contributed by atoms with van der Waals surface area (Å²) in [4.78, 5) is 0. The molecule has 2 aliphatic rings. The molecule has 1 saturated heterocycles. The summed E-state index contributed by atoms with van der Waals surface area (Å²) in [6, 6.07) is 0. The van der Waals surface area contributed by atoms with Gasteiger partial charge in [0.1, 0.15) is 0 Å². The van der Waals surface area contributed by atoms with E-state index in [2.05, 4.69) is 12.2 Å². The average Bonchev–Trinajstić information content (AvgIpc) is 2.12. The van der Waals surface area contributed by atoms with E-state index in [1.54, 1.807) is 0 Å². The predicted octanol–water partition coefficient (Wildman–Crippen LogP) is 2.19. The molecule has 0 aromatic rings. The van der Waals surface area contributed by atoms with E-state index < -0.39 is 0 Å². The van der Waals surface area contributed by atoms with E-state index in [4.69, 9.17) is 4.74 Å². The van der Waals surface area contributed by atoms with Gasteiger partial charge >= 0.3 is 0 Å². The quantitative estimate of drug-likeness (QED) is 0.746. The minimum atomic E-state index is 0.583. The van der Waals surface area contributed by atoms with Crippen molar-refractivity contribution in [3.05, 3.63) is 0 Å². The summed E-state index contributed by atoms with van der Waals surface area (Å²) in [5.41, 5.74) is 0. The van der Waals surface area contributed by atoms with Crippen LogP contribution in [0, 0.1) is 11.8 Å². The fraction of sp³-hybridized carbons (Fsp3) is 1.00. The number of ether oxygens (including phenoxy) is 1. The Bertz CT molecular complexity index is 160. The van der Waals surface area contributed by atoms with Crippen LogP contribution in [0.3, 0.4) is 0 Å². The van der Waals surface area contributed by atoms with Gasteiger partial charge < -0.3 is 10.1 Å². The molecule has 1 aliphatic heterocycles. The molecule has 0 amide bonds. The van der Waals surface area contributed by atoms with Gasteiger partial charge in [-0.1, -0.05) is 6.92 Å². The number of nitrogens with one attached hydrogen (secondary N) is 1. The zero-order valence-electron chi connectivity index (χ0n) is 9.30. The molecule has 0 radical (unpaired) electrons. The van der Waals surface area contributed by atoms with Crippen molar-refractivity contribution in [1.82, 2.24) is 5.32 Å². The topological polar surface area (TPSA) is 21.3 Å². The van der Waals surface area contributed by atoms with Gasteiger partial charge in [-0.25, -0.2) is 0 Å².